The minimum absolute atomic E-state index is 0.180. The highest BCUT2D eigenvalue weighted by atomic mass is 35.5. The Hall–Kier alpha value is -1.34. The Morgan fingerprint density at radius 2 is 2.05 bits per heavy atom. The topological polar surface area (TPSA) is 66.4 Å². The van der Waals surface area contributed by atoms with Gasteiger partial charge in [0.25, 0.3) is 5.91 Å². The van der Waals surface area contributed by atoms with Crippen LogP contribution in [-0.2, 0) is 4.79 Å². The maximum atomic E-state index is 13.5. The second-order valence-corrected chi connectivity index (χ2v) is 5.28. The number of carbonyl (C=O) groups excluding carboxylic acids is 1. The smallest absolute Gasteiger partial charge is 0.326 e. The first kappa shape index (κ1) is 16.7. The summed E-state index contributed by atoms with van der Waals surface area (Å²) in [6, 6.07) is 0.150. The Morgan fingerprint density at radius 1 is 1.40 bits per heavy atom. The third-order valence-electron chi connectivity index (χ3n) is 2.47. The van der Waals surface area contributed by atoms with Gasteiger partial charge in [0.1, 0.15) is 17.7 Å². The zero-order valence-corrected chi connectivity index (χ0v) is 12.0. The Bertz CT molecular complexity index is 528. The van der Waals surface area contributed by atoms with Crippen molar-refractivity contribution in [2.24, 2.45) is 0 Å². The Morgan fingerprint density at radius 3 is 2.60 bits per heavy atom. The van der Waals surface area contributed by atoms with Gasteiger partial charge in [-0.3, -0.25) is 4.79 Å². The van der Waals surface area contributed by atoms with E-state index < -0.39 is 40.1 Å². The minimum Gasteiger partial charge on any atom is -0.480 e. The number of aliphatic carboxylic acids is 1. The molecule has 110 valence electrons. The van der Waals surface area contributed by atoms with Crippen LogP contribution in [0.2, 0.25) is 5.02 Å². The molecule has 0 bridgehead atoms. The van der Waals surface area contributed by atoms with Crippen LogP contribution in [0.4, 0.5) is 8.78 Å². The average Bonchev–Trinajstić information content (AvgIpc) is 2.38. The van der Waals surface area contributed by atoms with Crippen LogP contribution in [0.25, 0.3) is 0 Å². The molecule has 0 aliphatic heterocycles. The van der Waals surface area contributed by atoms with Gasteiger partial charge in [0.2, 0.25) is 0 Å². The number of hydrogen-bond donors (Lipinski definition) is 2. The standard InChI is InChI=1S/C12H12ClF2NO3S/c1-20-3-2-10(12(18)19)16-11(17)6-4-9(15)7(13)5-8(6)14/h4-5,10H,2-3H2,1H3,(H,16,17)(H,18,19). The van der Waals surface area contributed by atoms with Gasteiger partial charge < -0.3 is 10.4 Å². The van der Waals surface area contributed by atoms with E-state index in [9.17, 15) is 18.4 Å². The van der Waals surface area contributed by atoms with Gasteiger partial charge in [-0.2, -0.15) is 11.8 Å². The van der Waals surface area contributed by atoms with E-state index >= 15 is 0 Å². The number of halogens is 3. The molecule has 0 spiro atoms. The summed E-state index contributed by atoms with van der Waals surface area (Å²) < 4.78 is 26.7. The van der Waals surface area contributed by atoms with Crippen LogP contribution < -0.4 is 5.32 Å². The van der Waals surface area contributed by atoms with Crippen LogP contribution in [0, 0.1) is 11.6 Å². The summed E-state index contributed by atoms with van der Waals surface area (Å²) in [7, 11) is 0. The summed E-state index contributed by atoms with van der Waals surface area (Å²) in [4.78, 5) is 22.7. The molecule has 1 amide bonds. The lowest BCUT2D eigenvalue weighted by Crippen LogP contribution is -2.41. The predicted molar refractivity (Wildman–Crippen MR) is 73.3 cm³/mol. The molecule has 20 heavy (non-hydrogen) atoms. The van der Waals surface area contributed by atoms with Gasteiger partial charge in [-0.15, -0.1) is 0 Å². The monoisotopic (exact) mass is 323 g/mol. The van der Waals surface area contributed by atoms with Crippen molar-refractivity contribution in [2.45, 2.75) is 12.5 Å². The zero-order valence-electron chi connectivity index (χ0n) is 10.5. The first-order chi connectivity index (χ1) is 9.36. The normalized spacial score (nSPS) is 12.0. The number of carbonyl (C=O) groups is 2. The highest BCUT2D eigenvalue weighted by Gasteiger charge is 2.22. The molecule has 0 radical (unpaired) electrons. The summed E-state index contributed by atoms with van der Waals surface area (Å²) >= 11 is 6.78. The zero-order chi connectivity index (χ0) is 15.3. The molecule has 1 unspecified atom stereocenters. The van der Waals surface area contributed by atoms with E-state index in [1.54, 1.807) is 6.26 Å². The maximum absolute atomic E-state index is 13.5. The fourth-order valence-corrected chi connectivity index (χ4v) is 2.05. The van der Waals surface area contributed by atoms with Crippen molar-refractivity contribution < 1.29 is 23.5 Å². The molecule has 0 heterocycles. The molecule has 0 saturated heterocycles. The molecule has 0 aliphatic carbocycles. The molecule has 0 aliphatic rings. The van der Waals surface area contributed by atoms with Gasteiger partial charge in [0, 0.05) is 0 Å². The van der Waals surface area contributed by atoms with Crippen LogP contribution >= 0.6 is 23.4 Å². The number of carboxylic acids is 1. The third kappa shape index (κ3) is 4.35. The summed E-state index contributed by atoms with van der Waals surface area (Å²) in [5.41, 5.74) is -0.581. The lowest BCUT2D eigenvalue weighted by molar-refractivity contribution is -0.139. The number of nitrogens with one attached hydrogen (secondary N) is 1. The first-order valence-electron chi connectivity index (χ1n) is 5.54. The molecule has 4 nitrogen and oxygen atoms in total. The van der Waals surface area contributed by atoms with Gasteiger partial charge >= 0.3 is 5.97 Å². The van der Waals surface area contributed by atoms with Crippen LogP contribution in [0.1, 0.15) is 16.8 Å². The third-order valence-corrected chi connectivity index (χ3v) is 3.40. The van der Waals surface area contributed by atoms with Crippen LogP contribution in [-0.4, -0.2) is 35.0 Å². The van der Waals surface area contributed by atoms with Crippen molar-refractivity contribution in [3.63, 3.8) is 0 Å². The van der Waals surface area contributed by atoms with Gasteiger partial charge in [-0.05, 0) is 30.6 Å². The molecular weight excluding hydrogens is 312 g/mol. The quantitative estimate of drug-likeness (QED) is 0.790. The highest BCUT2D eigenvalue weighted by Crippen LogP contribution is 2.19. The SMILES string of the molecule is CSCCC(NC(=O)c1cc(F)c(Cl)cc1F)C(=O)O. The lowest BCUT2D eigenvalue weighted by Gasteiger charge is -2.14. The molecule has 0 saturated carbocycles. The fraction of sp³-hybridized carbons (Fsp3) is 0.333. The second-order valence-electron chi connectivity index (χ2n) is 3.89. The van der Waals surface area contributed by atoms with E-state index in [1.165, 1.54) is 11.8 Å². The van der Waals surface area contributed by atoms with E-state index in [0.29, 0.717) is 17.9 Å². The number of rotatable bonds is 6. The maximum Gasteiger partial charge on any atom is 0.326 e. The van der Waals surface area contributed by atoms with Crippen molar-refractivity contribution in [2.75, 3.05) is 12.0 Å². The molecule has 1 rings (SSSR count). The summed E-state index contributed by atoms with van der Waals surface area (Å²) in [6.45, 7) is 0. The van der Waals surface area contributed by atoms with Crippen molar-refractivity contribution in [1.82, 2.24) is 5.32 Å². The largest absolute Gasteiger partial charge is 0.480 e. The van der Waals surface area contributed by atoms with E-state index in [4.69, 9.17) is 16.7 Å². The van der Waals surface area contributed by atoms with Crippen LogP contribution in [0.5, 0.6) is 0 Å². The predicted octanol–water partition coefficient (Wildman–Crippen LogP) is 2.55. The van der Waals surface area contributed by atoms with E-state index in [2.05, 4.69) is 5.32 Å². The van der Waals surface area contributed by atoms with Crippen molar-refractivity contribution >= 4 is 35.2 Å². The average molecular weight is 324 g/mol. The highest BCUT2D eigenvalue weighted by molar-refractivity contribution is 7.98. The van der Waals surface area contributed by atoms with Crippen molar-refractivity contribution in [3.8, 4) is 0 Å². The van der Waals surface area contributed by atoms with Crippen molar-refractivity contribution in [3.05, 3.63) is 34.4 Å². The van der Waals surface area contributed by atoms with E-state index in [1.807, 2.05) is 0 Å². The number of amides is 1. The van der Waals surface area contributed by atoms with Gasteiger partial charge in [0.15, 0.2) is 0 Å². The molecule has 0 fully saturated rings. The molecule has 1 aromatic carbocycles. The summed E-state index contributed by atoms with van der Waals surface area (Å²) in [5.74, 6) is -3.68. The molecular formula is C12H12ClF2NO3S. The van der Waals surface area contributed by atoms with E-state index in [-0.39, 0.29) is 6.42 Å². The Labute approximate surface area is 123 Å². The van der Waals surface area contributed by atoms with Gasteiger partial charge in [0.05, 0.1) is 10.6 Å². The van der Waals surface area contributed by atoms with Crippen LogP contribution in [0.15, 0.2) is 12.1 Å². The first-order valence-corrected chi connectivity index (χ1v) is 7.31. The minimum atomic E-state index is -1.23. The van der Waals surface area contributed by atoms with E-state index in [0.717, 1.165) is 0 Å². The lowest BCUT2D eigenvalue weighted by atomic mass is 10.1. The Balaban J connectivity index is 2.89. The van der Waals surface area contributed by atoms with Gasteiger partial charge in [-0.25, -0.2) is 13.6 Å². The van der Waals surface area contributed by atoms with Gasteiger partial charge in [-0.1, -0.05) is 11.6 Å². The van der Waals surface area contributed by atoms with Crippen molar-refractivity contribution in [1.29, 1.82) is 0 Å². The molecule has 1 atom stereocenters. The summed E-state index contributed by atoms with van der Waals surface area (Å²) in [6.07, 6.45) is 1.97. The number of thioether (sulfide) groups is 1. The van der Waals surface area contributed by atoms with Crippen LogP contribution in [0.3, 0.4) is 0 Å². The molecule has 8 heteroatoms. The number of benzene rings is 1. The fourth-order valence-electron chi connectivity index (χ4n) is 1.43. The molecule has 2 N–H and O–H groups in total. The Kier molecular flexibility index (Phi) is 6.22. The number of carboxylic acid groups (broad SMARTS) is 1. The summed E-state index contributed by atoms with van der Waals surface area (Å²) in [5, 5.41) is 10.7. The number of hydrogen-bond acceptors (Lipinski definition) is 3. The molecule has 1 aromatic rings. The molecule has 0 aromatic heterocycles. The second kappa shape index (κ2) is 7.44.